The van der Waals surface area contributed by atoms with E-state index in [1.165, 1.54) is 0 Å². The molecule has 35 heavy (non-hydrogen) atoms. The number of rotatable bonds is 5. The van der Waals surface area contributed by atoms with E-state index in [-0.39, 0.29) is 0 Å². The largest absolute Gasteiger partial charge is 0.394 e. The third-order valence-corrected chi connectivity index (χ3v) is 5.85. The highest BCUT2D eigenvalue weighted by atomic mass is 16.7. The van der Waals surface area contributed by atoms with Crippen molar-refractivity contribution in [3.05, 3.63) is 0 Å². The zero-order chi connectivity index (χ0) is 26.6. The van der Waals surface area contributed by atoms with Crippen LogP contribution in [0.2, 0.25) is 0 Å². The molecule has 17 nitrogen and oxygen atoms in total. The number of ether oxygens (including phenoxy) is 4. The topological polar surface area (TPSA) is 300 Å². The lowest BCUT2D eigenvalue weighted by Crippen LogP contribution is -2.64. The Morgan fingerprint density at radius 3 is 1.31 bits per heavy atom. The summed E-state index contributed by atoms with van der Waals surface area (Å²) in [5.74, 6) is 0. The van der Waals surface area contributed by atoms with Gasteiger partial charge in [0.2, 0.25) is 0 Å². The van der Waals surface area contributed by atoms with Crippen LogP contribution in [-0.4, -0.2) is 178 Å². The quantitative estimate of drug-likeness (QED) is 0.159. The van der Waals surface area contributed by atoms with Gasteiger partial charge in [0, 0.05) is 0 Å². The Kier molecular flexibility index (Phi) is 11.5. The summed E-state index contributed by atoms with van der Waals surface area (Å²) in [6.45, 7) is -1.87. The van der Waals surface area contributed by atoms with Gasteiger partial charge in [0.1, 0.15) is 73.2 Å². The minimum absolute atomic E-state index is 0.526. The highest BCUT2D eigenvalue weighted by Crippen LogP contribution is 2.28. The number of aliphatic hydroxyl groups excluding tert-OH is 13. The Bertz CT molecular complexity index is 619. The van der Waals surface area contributed by atoms with E-state index in [9.17, 15) is 35.7 Å². The van der Waals surface area contributed by atoms with Gasteiger partial charge in [-0.15, -0.1) is 0 Å². The summed E-state index contributed by atoms with van der Waals surface area (Å²) in [6.07, 6.45) is -22.6. The first-order valence-electron chi connectivity index (χ1n) is 10.6. The Hall–Kier alpha value is -0.680. The predicted octanol–water partition coefficient (Wildman–Crippen LogP) is -8.62. The molecule has 3 rings (SSSR count). The monoisotopic (exact) mass is 522 g/mol. The summed E-state index contributed by atoms with van der Waals surface area (Å²) in [5.41, 5.74) is 0. The maximum atomic E-state index is 9.94. The van der Waals surface area contributed by atoms with Crippen LogP contribution >= 0.6 is 0 Å². The molecular weight excluding hydrogens is 488 g/mol. The lowest BCUT2D eigenvalue weighted by Gasteiger charge is -2.45. The lowest BCUT2D eigenvalue weighted by atomic mass is 9.97. The Balaban J connectivity index is 0.000000303. The smallest absolute Gasteiger partial charge is 0.187 e. The van der Waals surface area contributed by atoms with Crippen LogP contribution in [0.1, 0.15) is 0 Å². The Morgan fingerprint density at radius 2 is 0.829 bits per heavy atom. The molecule has 3 fully saturated rings. The number of hydrogen-bond acceptors (Lipinski definition) is 17. The lowest BCUT2D eigenvalue weighted by molar-refractivity contribution is -0.355. The van der Waals surface area contributed by atoms with E-state index in [1.807, 2.05) is 0 Å². The summed E-state index contributed by atoms with van der Waals surface area (Å²) < 4.78 is 19.8. The number of hydrogen-bond donors (Lipinski definition) is 13. The first kappa shape index (κ1) is 30.5. The van der Waals surface area contributed by atoms with E-state index in [1.54, 1.807) is 0 Å². The predicted molar refractivity (Wildman–Crippen MR) is 105 cm³/mol. The standard InChI is InChI=1S/C12H22O11.C6H12O6/c13-1-3-5(15)6(16)9(19)12(22-3)23-10-4(2-14)21-11(20)8(18)7(10)17;7-1-2-3(8)4(9)5(10)6(11)12-2/h3-20H,1-2H2;2-11H,1H2/t3-,4-,5+,6+,7-,8?,9-,10-,11?,12+;2-,3-,4+,5-,6?/m11/s1. The molecule has 0 aromatic carbocycles. The van der Waals surface area contributed by atoms with E-state index in [2.05, 4.69) is 4.74 Å². The van der Waals surface area contributed by atoms with Crippen LogP contribution in [0.4, 0.5) is 0 Å². The molecule has 0 spiro atoms. The molecule has 0 amide bonds. The fourth-order valence-electron chi connectivity index (χ4n) is 3.65. The van der Waals surface area contributed by atoms with Crippen LogP contribution < -0.4 is 0 Å². The molecule has 3 aliphatic rings. The minimum Gasteiger partial charge on any atom is -0.394 e. The molecule has 0 aliphatic carbocycles. The normalized spacial score (nSPS) is 50.8. The molecule has 15 atom stereocenters. The average molecular weight is 522 g/mol. The van der Waals surface area contributed by atoms with E-state index < -0.39 is 112 Å². The van der Waals surface area contributed by atoms with Gasteiger partial charge in [0.15, 0.2) is 18.9 Å². The van der Waals surface area contributed by atoms with Gasteiger partial charge in [0.05, 0.1) is 19.8 Å². The molecule has 0 saturated carbocycles. The second-order valence-corrected chi connectivity index (χ2v) is 8.25. The Labute approximate surface area is 198 Å². The fraction of sp³-hybridized carbons (Fsp3) is 1.00. The molecule has 208 valence electrons. The summed E-state index contributed by atoms with van der Waals surface area (Å²) in [4.78, 5) is 0. The molecule has 0 radical (unpaired) electrons. The molecule has 0 aromatic rings. The van der Waals surface area contributed by atoms with Gasteiger partial charge in [0.25, 0.3) is 0 Å². The summed E-state index contributed by atoms with van der Waals surface area (Å²) in [5, 5.41) is 121. The van der Waals surface area contributed by atoms with Crippen molar-refractivity contribution < 1.29 is 85.3 Å². The SMILES string of the molecule is OC[C@H]1OC(O)[C@H](O)[C@@H](O)[C@@H]1O.OC[C@H]1O[C@@H](O[C@H]2[C@H](O)C(O)C(O)O[C@@H]2CO)[C@H](O)[C@@H](O)[C@H]1O. The molecule has 3 heterocycles. The van der Waals surface area contributed by atoms with Crippen molar-refractivity contribution in [2.45, 2.75) is 92.1 Å². The third-order valence-electron chi connectivity index (χ3n) is 5.85. The molecule has 0 bridgehead atoms. The van der Waals surface area contributed by atoms with Gasteiger partial charge < -0.3 is 85.3 Å². The fourth-order valence-corrected chi connectivity index (χ4v) is 3.65. The molecule has 3 aliphatic heterocycles. The number of aliphatic hydroxyl groups is 13. The summed E-state index contributed by atoms with van der Waals surface area (Å²) in [6, 6.07) is 0. The molecule has 17 heteroatoms. The van der Waals surface area contributed by atoms with Crippen LogP contribution in [0, 0.1) is 0 Å². The van der Waals surface area contributed by atoms with Crippen molar-refractivity contribution in [3.8, 4) is 0 Å². The molecule has 3 saturated heterocycles. The van der Waals surface area contributed by atoms with Gasteiger partial charge in [-0.05, 0) is 0 Å². The second kappa shape index (κ2) is 13.2. The van der Waals surface area contributed by atoms with Crippen molar-refractivity contribution in [2.24, 2.45) is 0 Å². The highest BCUT2D eigenvalue weighted by Gasteiger charge is 2.50. The van der Waals surface area contributed by atoms with Crippen molar-refractivity contribution in [1.82, 2.24) is 0 Å². The van der Waals surface area contributed by atoms with Crippen molar-refractivity contribution in [1.29, 1.82) is 0 Å². The van der Waals surface area contributed by atoms with E-state index >= 15 is 0 Å². The summed E-state index contributed by atoms with van der Waals surface area (Å²) in [7, 11) is 0. The minimum atomic E-state index is -1.74. The summed E-state index contributed by atoms with van der Waals surface area (Å²) >= 11 is 0. The van der Waals surface area contributed by atoms with E-state index in [0.717, 1.165) is 0 Å². The van der Waals surface area contributed by atoms with Gasteiger partial charge in [-0.2, -0.15) is 0 Å². The maximum absolute atomic E-state index is 9.94. The highest BCUT2D eigenvalue weighted by molar-refractivity contribution is 4.93. The zero-order valence-electron chi connectivity index (χ0n) is 18.2. The molecule has 13 N–H and O–H groups in total. The first-order valence-corrected chi connectivity index (χ1v) is 10.6. The van der Waals surface area contributed by atoms with Gasteiger partial charge in [-0.1, -0.05) is 0 Å². The molecular formula is C18H34O17. The van der Waals surface area contributed by atoms with Crippen molar-refractivity contribution in [2.75, 3.05) is 19.8 Å². The van der Waals surface area contributed by atoms with Crippen molar-refractivity contribution in [3.63, 3.8) is 0 Å². The van der Waals surface area contributed by atoms with Gasteiger partial charge in [-0.25, -0.2) is 0 Å². The van der Waals surface area contributed by atoms with Crippen LogP contribution in [0.5, 0.6) is 0 Å². The van der Waals surface area contributed by atoms with Gasteiger partial charge in [-0.3, -0.25) is 0 Å². The van der Waals surface area contributed by atoms with Crippen LogP contribution in [0.3, 0.4) is 0 Å². The van der Waals surface area contributed by atoms with E-state index in [0.29, 0.717) is 0 Å². The van der Waals surface area contributed by atoms with Crippen molar-refractivity contribution >= 4 is 0 Å². The van der Waals surface area contributed by atoms with Crippen LogP contribution in [-0.2, 0) is 18.9 Å². The first-order chi connectivity index (χ1) is 16.4. The zero-order valence-corrected chi connectivity index (χ0v) is 18.2. The van der Waals surface area contributed by atoms with Crippen LogP contribution in [0.15, 0.2) is 0 Å². The maximum Gasteiger partial charge on any atom is 0.187 e. The average Bonchev–Trinajstić information content (AvgIpc) is 2.85. The van der Waals surface area contributed by atoms with E-state index in [4.69, 9.17) is 44.8 Å². The Morgan fingerprint density at radius 1 is 0.429 bits per heavy atom. The van der Waals surface area contributed by atoms with Gasteiger partial charge >= 0.3 is 0 Å². The molecule has 3 unspecified atom stereocenters. The van der Waals surface area contributed by atoms with Crippen LogP contribution in [0.25, 0.3) is 0 Å². The third kappa shape index (κ3) is 6.80. The second-order valence-electron chi connectivity index (χ2n) is 8.25. The molecule has 0 aromatic heterocycles.